The smallest absolute Gasteiger partial charge is 0.369 e. The molecule has 0 unspecified atom stereocenters. The van der Waals surface area contributed by atoms with Gasteiger partial charge in [0.15, 0.2) is 0 Å². The van der Waals surface area contributed by atoms with Gasteiger partial charge < -0.3 is 6.15 Å². The van der Waals surface area contributed by atoms with E-state index in [-0.39, 0.29) is 29.6 Å². The molecule has 0 bridgehead atoms. The Morgan fingerprint density at radius 3 is 1.88 bits per heavy atom. The van der Waals surface area contributed by atoms with E-state index < -0.39 is 11.9 Å². The van der Waals surface area contributed by atoms with E-state index in [1.807, 2.05) is 0 Å². The van der Waals surface area contributed by atoms with Crippen LogP contribution >= 0.6 is 0 Å². The van der Waals surface area contributed by atoms with Gasteiger partial charge in [0.25, 0.3) is 0 Å². The Hall–Kier alpha value is -0.282. The number of hydrogen-bond donors (Lipinski definition) is 1. The fraction of sp³-hybridized carbons (Fsp3) is 0. The average Bonchev–Trinajstić information content (AvgIpc) is 1.65. The zero-order valence-electron chi connectivity index (χ0n) is 4.21. The van der Waals surface area contributed by atoms with E-state index in [1.165, 1.54) is 0 Å². The number of carbonyl (C=O) groups excluding carboxylic acids is 2. The van der Waals surface area contributed by atoms with Gasteiger partial charge >= 0.3 is 53.1 Å². The first-order chi connectivity index (χ1) is 3.18. The predicted molar refractivity (Wildman–Crippen MR) is 25.6 cm³/mol. The van der Waals surface area contributed by atoms with Crippen molar-refractivity contribution in [1.29, 1.82) is 0 Å². The van der Waals surface area contributed by atoms with Crippen LogP contribution in [0.1, 0.15) is 0 Å². The van der Waals surface area contributed by atoms with Crippen LogP contribution < -0.4 is 11.3 Å². The van der Waals surface area contributed by atoms with Crippen molar-refractivity contribution in [3.05, 3.63) is 0 Å². The topological polar surface area (TPSA) is 103 Å². The van der Waals surface area contributed by atoms with Crippen molar-refractivity contribution in [2.75, 3.05) is 0 Å². The van der Waals surface area contributed by atoms with Crippen molar-refractivity contribution in [3.8, 4) is 0 Å². The first-order valence-electron chi connectivity index (χ1n) is 1.30. The molecule has 8 heavy (non-hydrogen) atoms. The Balaban J connectivity index is 0. The summed E-state index contributed by atoms with van der Waals surface area (Å²) in [5.41, 5.74) is 0. The second kappa shape index (κ2) is 4.87. The SMILES string of the molecule is O=C([O-])C(=O)[O][SbH2].[NH4+]. The molecule has 0 aromatic rings. The minimum atomic E-state index is -1.78. The Bertz CT molecular complexity index is 102. The molecule has 0 spiro atoms. The number of quaternary nitrogens is 1. The first-order valence-corrected chi connectivity index (χ1v) is 2.65. The molecule has 0 radical (unpaired) electrons. The molecule has 0 aliphatic rings. The second-order valence-electron chi connectivity index (χ2n) is 0.693. The third-order valence-electron chi connectivity index (χ3n) is 0.274. The van der Waals surface area contributed by atoms with Crippen LogP contribution in [0.2, 0.25) is 0 Å². The molecule has 0 heterocycles. The molecular formula is C2H6NO4Sb. The van der Waals surface area contributed by atoms with Gasteiger partial charge in [-0.1, -0.05) is 0 Å². The normalized spacial score (nSPS) is 6.62. The van der Waals surface area contributed by atoms with Gasteiger partial charge in [-0.3, -0.25) is 0 Å². The van der Waals surface area contributed by atoms with Gasteiger partial charge in [0.2, 0.25) is 0 Å². The van der Waals surface area contributed by atoms with Crippen LogP contribution in [0.5, 0.6) is 0 Å². The second-order valence-corrected chi connectivity index (χ2v) is 1.37. The molecule has 48 valence electrons. The average molecular weight is 230 g/mol. The van der Waals surface area contributed by atoms with Crippen molar-refractivity contribution in [3.63, 3.8) is 0 Å². The van der Waals surface area contributed by atoms with Crippen LogP contribution in [0.4, 0.5) is 0 Å². The Kier molecular flexibility index (Phi) is 6.48. The summed E-state index contributed by atoms with van der Waals surface area (Å²) in [5, 5.41) is 9.37. The molecule has 6 heteroatoms. The molecule has 0 aliphatic carbocycles. The molecule has 0 aromatic heterocycles. The molecule has 4 N–H and O–H groups in total. The first kappa shape index (κ1) is 10.7. The maximum atomic E-state index is 9.66. The Morgan fingerprint density at radius 1 is 1.50 bits per heavy atom. The van der Waals surface area contributed by atoms with Crippen molar-refractivity contribution >= 4 is 35.4 Å². The molecule has 0 saturated carbocycles. The number of carbonyl (C=O) groups is 2. The van der Waals surface area contributed by atoms with E-state index in [0.717, 1.165) is 0 Å². The largest absolute Gasteiger partial charge is 0.369 e. The molecular weight excluding hydrogens is 224 g/mol. The van der Waals surface area contributed by atoms with Gasteiger partial charge in [0.05, 0.1) is 0 Å². The van der Waals surface area contributed by atoms with E-state index in [2.05, 4.69) is 3.02 Å². The van der Waals surface area contributed by atoms with Gasteiger partial charge in [0, 0.05) is 0 Å². The van der Waals surface area contributed by atoms with Crippen molar-refractivity contribution in [1.82, 2.24) is 6.15 Å². The minimum Gasteiger partial charge on any atom is -0.369 e. The fourth-order valence-corrected chi connectivity index (χ4v) is 0.323. The van der Waals surface area contributed by atoms with Crippen molar-refractivity contribution in [2.45, 2.75) is 0 Å². The summed E-state index contributed by atoms with van der Waals surface area (Å²) in [6.45, 7) is 0. The fourth-order valence-electron chi connectivity index (χ4n) is 0.0481. The number of rotatable bonds is 0. The summed E-state index contributed by atoms with van der Waals surface area (Å²) >= 11 is 0.156. The summed E-state index contributed by atoms with van der Waals surface area (Å²) in [6.07, 6.45) is 0. The van der Waals surface area contributed by atoms with Gasteiger partial charge in [-0.15, -0.1) is 0 Å². The quantitative estimate of drug-likeness (QED) is 0.358. The number of carboxylic acids is 1. The number of carboxylic acid groups (broad SMARTS) is 1. The van der Waals surface area contributed by atoms with E-state index in [0.29, 0.717) is 0 Å². The van der Waals surface area contributed by atoms with Crippen molar-refractivity contribution < 1.29 is 17.7 Å². The molecule has 0 rings (SSSR count). The summed E-state index contributed by atoms with van der Waals surface area (Å²) in [6, 6.07) is 0. The number of aliphatic carboxylic acids is 1. The third-order valence-corrected chi connectivity index (χ3v) is 0.885. The molecule has 0 atom stereocenters. The molecule has 0 amide bonds. The van der Waals surface area contributed by atoms with Crippen LogP contribution in [0.25, 0.3) is 0 Å². The van der Waals surface area contributed by atoms with Crippen LogP contribution in [0.3, 0.4) is 0 Å². The van der Waals surface area contributed by atoms with Gasteiger partial charge in [0.1, 0.15) is 0 Å². The Morgan fingerprint density at radius 2 is 1.88 bits per heavy atom. The summed E-state index contributed by atoms with van der Waals surface area (Å²) in [4.78, 5) is 19.0. The molecule has 0 aliphatic heterocycles. The number of hydrogen-bond acceptors (Lipinski definition) is 4. The Labute approximate surface area is 59.6 Å². The van der Waals surface area contributed by atoms with E-state index in [1.54, 1.807) is 0 Å². The molecule has 0 fully saturated rings. The van der Waals surface area contributed by atoms with E-state index in [9.17, 15) is 14.7 Å². The van der Waals surface area contributed by atoms with E-state index in [4.69, 9.17) is 0 Å². The van der Waals surface area contributed by atoms with Gasteiger partial charge in [-0.25, -0.2) is 0 Å². The summed E-state index contributed by atoms with van der Waals surface area (Å²) in [7, 11) is 0. The van der Waals surface area contributed by atoms with Crippen LogP contribution in [0.15, 0.2) is 0 Å². The molecule has 5 nitrogen and oxygen atoms in total. The minimum absolute atomic E-state index is 0. The standard InChI is InChI=1S/C2H2O4.H3N.Sb.2H/c3-1(4)2(5)6;;;;/h(H,3,4)(H,5,6);1H3;;;/q;;+1;;/p-1. The van der Waals surface area contributed by atoms with Gasteiger partial charge in [-0.05, 0) is 0 Å². The van der Waals surface area contributed by atoms with Crippen LogP contribution in [-0.4, -0.2) is 35.4 Å². The van der Waals surface area contributed by atoms with Crippen molar-refractivity contribution in [2.24, 2.45) is 0 Å². The monoisotopic (exact) mass is 229 g/mol. The van der Waals surface area contributed by atoms with Gasteiger partial charge in [-0.2, -0.15) is 0 Å². The maximum Gasteiger partial charge on any atom is -0.369 e. The summed E-state index contributed by atoms with van der Waals surface area (Å²) < 4.78 is 3.84. The predicted octanol–water partition coefficient (Wildman–Crippen LogP) is -2.80. The summed E-state index contributed by atoms with van der Waals surface area (Å²) in [5.74, 6) is -3.07. The third kappa shape index (κ3) is 3.89. The van der Waals surface area contributed by atoms with Crippen LogP contribution in [-0.2, 0) is 12.6 Å². The zero-order valence-corrected chi connectivity index (χ0v) is 7.51. The van der Waals surface area contributed by atoms with Crippen LogP contribution in [0, 0.1) is 0 Å². The zero-order chi connectivity index (χ0) is 5.86. The van der Waals surface area contributed by atoms with E-state index >= 15 is 0 Å². The maximum absolute atomic E-state index is 9.66. The molecule has 0 aromatic carbocycles. The molecule has 0 saturated heterocycles.